The number of hydrogen-bond acceptors (Lipinski definition) is 2. The second-order valence-electron chi connectivity index (χ2n) is 5.92. The molecule has 1 unspecified atom stereocenters. The molecule has 1 aromatic carbocycles. The van der Waals surface area contributed by atoms with E-state index in [9.17, 15) is 9.59 Å². The van der Waals surface area contributed by atoms with Crippen LogP contribution in [-0.4, -0.2) is 28.8 Å². The van der Waals surface area contributed by atoms with E-state index in [1.807, 2.05) is 6.92 Å². The molecular weight excluding hydrogens is 311 g/mol. The molecule has 2 aliphatic rings. The smallest absolute Gasteiger partial charge is 0.249 e. The summed E-state index contributed by atoms with van der Waals surface area (Å²) in [6.07, 6.45) is 1.96. The fourth-order valence-electron chi connectivity index (χ4n) is 2.89. The Hall–Kier alpha value is -1.26. The van der Waals surface area contributed by atoms with Gasteiger partial charge in [-0.2, -0.15) is 0 Å². The molecule has 112 valence electrons. The van der Waals surface area contributed by atoms with Crippen molar-refractivity contribution in [1.82, 2.24) is 10.2 Å². The van der Waals surface area contributed by atoms with Gasteiger partial charge in [-0.05, 0) is 49.4 Å². The predicted octanol–water partition coefficient (Wildman–Crippen LogP) is 2.62. The number of nitrogens with zero attached hydrogens (tertiary/aromatic N) is 1. The number of piperazine rings is 1. The van der Waals surface area contributed by atoms with Crippen molar-refractivity contribution >= 4 is 35.0 Å². The van der Waals surface area contributed by atoms with Gasteiger partial charge in [0, 0.05) is 16.6 Å². The molecule has 0 radical (unpaired) electrons. The highest BCUT2D eigenvalue weighted by molar-refractivity contribution is 6.33. The summed E-state index contributed by atoms with van der Waals surface area (Å²) in [5.41, 5.74) is -0.0224. The number of benzene rings is 1. The molecule has 0 bridgehead atoms. The highest BCUT2D eigenvalue weighted by atomic mass is 35.5. The standard InChI is InChI=1S/C15H16Cl2N2O2/c1-15(10-2-3-10)14(21)19(8-13(20)18-15)7-9-6-11(16)4-5-12(9)17/h4-6,10H,2-3,7-8H2,1H3,(H,18,20). The largest absolute Gasteiger partial charge is 0.340 e. The van der Waals surface area contributed by atoms with E-state index in [-0.39, 0.29) is 24.3 Å². The van der Waals surface area contributed by atoms with Crippen LogP contribution in [0.1, 0.15) is 25.3 Å². The van der Waals surface area contributed by atoms with E-state index in [2.05, 4.69) is 5.32 Å². The molecule has 6 heteroatoms. The minimum atomic E-state index is -0.777. The molecule has 0 spiro atoms. The summed E-state index contributed by atoms with van der Waals surface area (Å²) >= 11 is 12.1. The van der Waals surface area contributed by atoms with Crippen molar-refractivity contribution in [1.29, 1.82) is 0 Å². The maximum absolute atomic E-state index is 12.7. The summed E-state index contributed by atoms with van der Waals surface area (Å²) in [6.45, 7) is 2.18. The number of rotatable bonds is 3. The topological polar surface area (TPSA) is 49.4 Å². The molecule has 0 aromatic heterocycles. The SMILES string of the molecule is CC1(C2CC2)NC(=O)CN(Cc2cc(Cl)ccc2Cl)C1=O. The van der Waals surface area contributed by atoms with Crippen LogP contribution in [0.2, 0.25) is 10.0 Å². The molecule has 1 atom stereocenters. The molecule has 2 fully saturated rings. The Morgan fingerprint density at radius 3 is 2.71 bits per heavy atom. The maximum Gasteiger partial charge on any atom is 0.249 e. The second-order valence-corrected chi connectivity index (χ2v) is 6.77. The van der Waals surface area contributed by atoms with Gasteiger partial charge in [-0.1, -0.05) is 23.2 Å². The lowest BCUT2D eigenvalue weighted by molar-refractivity contribution is -0.150. The van der Waals surface area contributed by atoms with Gasteiger partial charge in [0.1, 0.15) is 5.54 Å². The number of carbonyl (C=O) groups excluding carboxylic acids is 2. The van der Waals surface area contributed by atoms with Gasteiger partial charge < -0.3 is 10.2 Å². The summed E-state index contributed by atoms with van der Waals surface area (Å²) in [5, 5.41) is 3.97. The van der Waals surface area contributed by atoms with E-state index in [4.69, 9.17) is 23.2 Å². The number of hydrogen-bond donors (Lipinski definition) is 1. The quantitative estimate of drug-likeness (QED) is 0.928. The van der Waals surface area contributed by atoms with Gasteiger partial charge in [0.05, 0.1) is 6.54 Å². The molecule has 1 saturated heterocycles. The Kier molecular flexibility index (Phi) is 3.62. The Balaban J connectivity index is 1.85. The van der Waals surface area contributed by atoms with Crippen LogP contribution in [0, 0.1) is 5.92 Å². The van der Waals surface area contributed by atoms with Gasteiger partial charge in [0.25, 0.3) is 0 Å². The van der Waals surface area contributed by atoms with E-state index in [0.29, 0.717) is 16.6 Å². The summed E-state index contributed by atoms with van der Waals surface area (Å²) in [7, 11) is 0. The van der Waals surface area contributed by atoms with Crippen LogP contribution < -0.4 is 5.32 Å². The average Bonchev–Trinajstić information content (AvgIpc) is 3.24. The number of halogens is 2. The molecule has 1 heterocycles. The van der Waals surface area contributed by atoms with E-state index < -0.39 is 5.54 Å². The summed E-state index contributed by atoms with van der Waals surface area (Å²) < 4.78 is 0. The molecule has 2 amide bonds. The van der Waals surface area contributed by atoms with E-state index >= 15 is 0 Å². The lowest BCUT2D eigenvalue weighted by Crippen LogP contribution is -2.66. The van der Waals surface area contributed by atoms with E-state index in [0.717, 1.165) is 18.4 Å². The van der Waals surface area contributed by atoms with Crippen LogP contribution in [0.5, 0.6) is 0 Å². The van der Waals surface area contributed by atoms with Crippen molar-refractivity contribution in [2.45, 2.75) is 31.8 Å². The highest BCUT2D eigenvalue weighted by Crippen LogP contribution is 2.41. The van der Waals surface area contributed by atoms with Gasteiger partial charge in [0.15, 0.2) is 0 Å². The third-order valence-electron chi connectivity index (χ3n) is 4.23. The van der Waals surface area contributed by atoms with Gasteiger partial charge in [-0.25, -0.2) is 0 Å². The lowest BCUT2D eigenvalue weighted by Gasteiger charge is -2.40. The molecule has 1 N–H and O–H groups in total. The highest BCUT2D eigenvalue weighted by Gasteiger charge is 2.52. The van der Waals surface area contributed by atoms with Gasteiger partial charge >= 0.3 is 0 Å². The fourth-order valence-corrected chi connectivity index (χ4v) is 3.26. The van der Waals surface area contributed by atoms with Crippen LogP contribution in [-0.2, 0) is 16.1 Å². The second kappa shape index (κ2) is 5.18. The number of nitrogens with one attached hydrogen (secondary N) is 1. The predicted molar refractivity (Wildman–Crippen MR) is 81.2 cm³/mol. The average molecular weight is 327 g/mol. The first-order valence-electron chi connectivity index (χ1n) is 6.94. The molecule has 21 heavy (non-hydrogen) atoms. The minimum Gasteiger partial charge on any atom is -0.340 e. The van der Waals surface area contributed by atoms with E-state index in [1.165, 1.54) is 0 Å². The van der Waals surface area contributed by atoms with Gasteiger partial charge in [-0.3, -0.25) is 9.59 Å². The Labute approximate surface area is 133 Å². The molecule has 1 aliphatic heterocycles. The summed E-state index contributed by atoms with van der Waals surface area (Å²) in [4.78, 5) is 26.2. The zero-order valence-electron chi connectivity index (χ0n) is 11.7. The zero-order valence-corrected chi connectivity index (χ0v) is 13.2. The zero-order chi connectivity index (χ0) is 15.2. The Bertz CT molecular complexity index is 616. The fraction of sp³-hybridized carbons (Fsp3) is 0.467. The molecule has 3 rings (SSSR count). The van der Waals surface area contributed by atoms with E-state index in [1.54, 1.807) is 23.1 Å². The van der Waals surface area contributed by atoms with Gasteiger partial charge in [-0.15, -0.1) is 0 Å². The van der Waals surface area contributed by atoms with Crippen molar-refractivity contribution in [3.8, 4) is 0 Å². The summed E-state index contributed by atoms with van der Waals surface area (Å²) in [6, 6.07) is 5.14. The maximum atomic E-state index is 12.7. The van der Waals surface area contributed by atoms with Crippen LogP contribution in [0.3, 0.4) is 0 Å². The first-order valence-corrected chi connectivity index (χ1v) is 7.70. The van der Waals surface area contributed by atoms with Crippen molar-refractivity contribution in [3.63, 3.8) is 0 Å². The van der Waals surface area contributed by atoms with Crippen molar-refractivity contribution in [2.75, 3.05) is 6.54 Å². The minimum absolute atomic E-state index is 0.0411. The Morgan fingerprint density at radius 1 is 1.33 bits per heavy atom. The van der Waals surface area contributed by atoms with Crippen LogP contribution in [0.4, 0.5) is 0 Å². The normalized spacial score (nSPS) is 26.0. The monoisotopic (exact) mass is 326 g/mol. The molecular formula is C15H16Cl2N2O2. The molecule has 1 aromatic rings. The summed E-state index contributed by atoms with van der Waals surface area (Å²) in [5.74, 6) is 0.0781. The molecule has 1 aliphatic carbocycles. The molecule has 4 nitrogen and oxygen atoms in total. The lowest BCUT2D eigenvalue weighted by atomic mass is 9.91. The van der Waals surface area contributed by atoms with Crippen LogP contribution in [0.25, 0.3) is 0 Å². The molecule has 1 saturated carbocycles. The van der Waals surface area contributed by atoms with Crippen LogP contribution >= 0.6 is 23.2 Å². The van der Waals surface area contributed by atoms with Crippen LogP contribution in [0.15, 0.2) is 18.2 Å². The third-order valence-corrected chi connectivity index (χ3v) is 4.83. The third kappa shape index (κ3) is 2.74. The van der Waals surface area contributed by atoms with Gasteiger partial charge in [0.2, 0.25) is 11.8 Å². The Morgan fingerprint density at radius 2 is 2.05 bits per heavy atom. The first-order chi connectivity index (χ1) is 9.90. The first kappa shape index (κ1) is 14.7. The van der Waals surface area contributed by atoms with Crippen molar-refractivity contribution < 1.29 is 9.59 Å². The van der Waals surface area contributed by atoms with Crippen molar-refractivity contribution in [2.24, 2.45) is 5.92 Å². The number of carbonyl (C=O) groups is 2. The number of amides is 2. The van der Waals surface area contributed by atoms with Crippen molar-refractivity contribution in [3.05, 3.63) is 33.8 Å².